The summed E-state index contributed by atoms with van der Waals surface area (Å²) in [5.74, 6) is -0.447. The predicted octanol–water partition coefficient (Wildman–Crippen LogP) is 2.76. The van der Waals surface area contributed by atoms with Crippen LogP contribution in [-0.4, -0.2) is 35.9 Å². The third kappa shape index (κ3) is 5.80. The Morgan fingerprint density at radius 2 is 1.89 bits per heavy atom. The fourth-order valence-corrected chi connectivity index (χ4v) is 5.00. The minimum Gasteiger partial charge on any atom is -0.368 e. The molecule has 0 saturated carbocycles. The van der Waals surface area contributed by atoms with Crippen LogP contribution in [-0.2, 0) is 16.0 Å². The summed E-state index contributed by atoms with van der Waals surface area (Å²) in [6, 6.07) is 11.2. The molecular weight excluding hydrogens is 462 g/mol. The van der Waals surface area contributed by atoms with Crippen molar-refractivity contribution in [2.75, 3.05) is 23.3 Å². The lowest BCUT2D eigenvalue weighted by atomic mass is 10.00. The molecule has 35 heavy (non-hydrogen) atoms. The van der Waals surface area contributed by atoms with E-state index < -0.39 is 11.2 Å². The number of hydrogen-bond donors (Lipinski definition) is 3. The number of pyridine rings is 1. The number of nitrogens with zero attached hydrogens (tertiary/aromatic N) is 4. The first-order chi connectivity index (χ1) is 16.8. The third-order valence-corrected chi connectivity index (χ3v) is 7.08. The van der Waals surface area contributed by atoms with Gasteiger partial charge in [0.25, 0.3) is 0 Å². The van der Waals surface area contributed by atoms with E-state index in [9.17, 15) is 20.1 Å². The maximum Gasteiger partial charge on any atom is 0.247 e. The molecule has 0 bridgehead atoms. The van der Waals surface area contributed by atoms with E-state index in [0.717, 1.165) is 30.7 Å². The number of carbonyl (C=O) groups excluding carboxylic acids is 2. The maximum atomic E-state index is 12.4. The molecule has 1 atom stereocenters. The van der Waals surface area contributed by atoms with Gasteiger partial charge in [-0.1, -0.05) is 37.4 Å². The Labute approximate surface area is 208 Å². The van der Waals surface area contributed by atoms with Gasteiger partial charge in [0.15, 0.2) is 0 Å². The molecule has 1 aliphatic rings. The van der Waals surface area contributed by atoms with Crippen molar-refractivity contribution in [3.63, 3.8) is 0 Å². The van der Waals surface area contributed by atoms with Crippen molar-refractivity contribution in [2.24, 2.45) is 11.5 Å². The smallest absolute Gasteiger partial charge is 0.247 e. The first-order valence-corrected chi connectivity index (χ1v) is 12.1. The first-order valence-electron chi connectivity index (χ1n) is 11.2. The fourth-order valence-electron chi connectivity index (χ4n) is 3.95. The Balaban J connectivity index is 2.03. The monoisotopic (exact) mass is 489 g/mol. The van der Waals surface area contributed by atoms with E-state index in [4.69, 9.17) is 16.5 Å². The Hall–Kier alpha value is -3.86. The summed E-state index contributed by atoms with van der Waals surface area (Å²) < 4.78 is 0. The van der Waals surface area contributed by atoms with E-state index in [1.54, 1.807) is 24.3 Å². The molecule has 1 unspecified atom stereocenters. The lowest BCUT2D eigenvalue weighted by molar-refractivity contribution is -0.117. The summed E-state index contributed by atoms with van der Waals surface area (Å²) in [7, 11) is 0. The van der Waals surface area contributed by atoms with E-state index in [1.165, 1.54) is 0 Å². The molecule has 1 aromatic heterocycles. The van der Waals surface area contributed by atoms with Gasteiger partial charge in [0, 0.05) is 24.8 Å². The van der Waals surface area contributed by atoms with Gasteiger partial charge < -0.3 is 21.7 Å². The largest absolute Gasteiger partial charge is 0.368 e. The predicted molar refractivity (Wildman–Crippen MR) is 136 cm³/mol. The van der Waals surface area contributed by atoms with Gasteiger partial charge in [-0.25, -0.2) is 4.98 Å². The van der Waals surface area contributed by atoms with Crippen LogP contribution in [0, 0.1) is 22.7 Å². The van der Waals surface area contributed by atoms with Crippen molar-refractivity contribution in [3.05, 3.63) is 59.2 Å². The van der Waals surface area contributed by atoms with Gasteiger partial charge in [-0.3, -0.25) is 9.59 Å². The lowest BCUT2D eigenvalue weighted by Crippen LogP contribution is -2.40. The number of anilines is 2. The van der Waals surface area contributed by atoms with Crippen molar-refractivity contribution in [1.82, 2.24) is 4.98 Å². The molecule has 2 heterocycles. The molecule has 180 valence electrons. The molecule has 10 heteroatoms. The number of thioether (sulfide) groups is 1. The number of nitrogens with one attached hydrogen (secondary N) is 1. The van der Waals surface area contributed by atoms with Crippen molar-refractivity contribution in [3.8, 4) is 12.1 Å². The van der Waals surface area contributed by atoms with E-state index >= 15 is 0 Å². The molecule has 1 aliphatic heterocycles. The second-order valence-corrected chi connectivity index (χ2v) is 9.18. The summed E-state index contributed by atoms with van der Waals surface area (Å²) in [5.41, 5.74) is 14.2. The Kier molecular flexibility index (Phi) is 8.48. The van der Waals surface area contributed by atoms with Gasteiger partial charge in [-0.15, -0.1) is 0 Å². The van der Waals surface area contributed by atoms with Gasteiger partial charge >= 0.3 is 0 Å². The van der Waals surface area contributed by atoms with E-state index in [-0.39, 0.29) is 17.5 Å². The molecule has 5 N–H and O–H groups in total. The van der Waals surface area contributed by atoms with Gasteiger partial charge in [-0.05, 0) is 48.6 Å². The van der Waals surface area contributed by atoms with E-state index in [0.29, 0.717) is 52.7 Å². The number of nitrogens with two attached hydrogens (primary N) is 2. The van der Waals surface area contributed by atoms with Crippen LogP contribution in [0.5, 0.6) is 0 Å². The molecule has 3 rings (SSSR count). The summed E-state index contributed by atoms with van der Waals surface area (Å²) in [6.45, 7) is 6.60. The molecular formula is C25H27N7O2S. The number of carbonyl (C=O) groups is 2. The highest BCUT2D eigenvalue weighted by Crippen LogP contribution is 2.40. The number of primary amides is 1. The summed E-state index contributed by atoms with van der Waals surface area (Å²) in [6.07, 6.45) is 3.17. The zero-order chi connectivity index (χ0) is 25.5. The van der Waals surface area contributed by atoms with Crippen LogP contribution in [0.3, 0.4) is 0 Å². The highest BCUT2D eigenvalue weighted by molar-refractivity contribution is 8.00. The standard InChI is InChI=1S/C25H27N7O2S/c1-3-18-19(13-26)24(32-11-9-16(28)10-12-32)31-25(20(18)14-27)35-22(23(29)34)15-5-7-17(8-6-15)30-21(33)4-2/h4-8,16,22H,2-3,9-12,28H2,1H3,(H2,29,34)(H,30,33). The first kappa shape index (κ1) is 25.8. The van der Waals surface area contributed by atoms with Crippen molar-refractivity contribution >= 4 is 35.1 Å². The molecule has 2 aromatic rings. The number of benzene rings is 1. The normalized spacial score (nSPS) is 14.5. The minimum absolute atomic E-state index is 0.105. The molecule has 9 nitrogen and oxygen atoms in total. The van der Waals surface area contributed by atoms with Gasteiger partial charge in [0.1, 0.15) is 28.2 Å². The van der Waals surface area contributed by atoms with Crippen molar-refractivity contribution < 1.29 is 9.59 Å². The molecule has 1 aromatic carbocycles. The Bertz CT molecular complexity index is 1210. The average molecular weight is 490 g/mol. The zero-order valence-electron chi connectivity index (χ0n) is 19.5. The quantitative estimate of drug-likeness (QED) is 0.376. The molecule has 0 radical (unpaired) electrons. The van der Waals surface area contributed by atoms with Crippen LogP contribution < -0.4 is 21.7 Å². The average Bonchev–Trinajstić information content (AvgIpc) is 2.87. The summed E-state index contributed by atoms with van der Waals surface area (Å²) >= 11 is 1.08. The topological polar surface area (TPSA) is 162 Å². The van der Waals surface area contributed by atoms with E-state index in [2.05, 4.69) is 24.0 Å². The van der Waals surface area contributed by atoms with Crippen LogP contribution in [0.25, 0.3) is 0 Å². The lowest BCUT2D eigenvalue weighted by Gasteiger charge is -2.32. The molecule has 2 amide bonds. The summed E-state index contributed by atoms with van der Waals surface area (Å²) in [5, 5.41) is 22.0. The maximum absolute atomic E-state index is 12.4. The second-order valence-electron chi connectivity index (χ2n) is 8.09. The van der Waals surface area contributed by atoms with Crippen molar-refractivity contribution in [2.45, 2.75) is 42.5 Å². The Morgan fingerprint density at radius 1 is 1.26 bits per heavy atom. The SMILES string of the molecule is C=CC(=O)Nc1ccc(C(Sc2nc(N3CCC(N)CC3)c(C#N)c(CC)c2C#N)C(N)=O)cc1. The number of aromatic nitrogens is 1. The van der Waals surface area contributed by atoms with Crippen LogP contribution >= 0.6 is 11.8 Å². The van der Waals surface area contributed by atoms with Gasteiger partial charge in [0.05, 0.1) is 11.1 Å². The van der Waals surface area contributed by atoms with Crippen LogP contribution in [0.1, 0.15) is 47.3 Å². The van der Waals surface area contributed by atoms with E-state index in [1.807, 2.05) is 11.8 Å². The third-order valence-electron chi connectivity index (χ3n) is 5.82. The number of piperidine rings is 1. The molecule has 1 fully saturated rings. The highest BCUT2D eigenvalue weighted by Gasteiger charge is 2.28. The molecule has 1 saturated heterocycles. The van der Waals surface area contributed by atoms with Crippen LogP contribution in [0.4, 0.5) is 11.5 Å². The molecule has 0 aliphatic carbocycles. The second kappa shape index (κ2) is 11.5. The number of nitriles is 2. The van der Waals surface area contributed by atoms with Gasteiger partial charge in [-0.2, -0.15) is 10.5 Å². The minimum atomic E-state index is -0.834. The number of hydrogen-bond acceptors (Lipinski definition) is 8. The number of amides is 2. The highest BCUT2D eigenvalue weighted by atomic mass is 32.2. The van der Waals surface area contributed by atoms with Gasteiger partial charge in [0.2, 0.25) is 11.8 Å². The van der Waals surface area contributed by atoms with Crippen LogP contribution in [0.15, 0.2) is 41.9 Å². The molecule has 0 spiro atoms. The summed E-state index contributed by atoms with van der Waals surface area (Å²) in [4.78, 5) is 30.7. The Morgan fingerprint density at radius 3 is 2.40 bits per heavy atom. The number of rotatable bonds is 8. The van der Waals surface area contributed by atoms with Crippen molar-refractivity contribution in [1.29, 1.82) is 10.5 Å². The van der Waals surface area contributed by atoms with Crippen LogP contribution in [0.2, 0.25) is 0 Å². The zero-order valence-corrected chi connectivity index (χ0v) is 20.3. The fraction of sp³-hybridized carbons (Fsp3) is 0.320.